The molecule has 5 rings (SSSR count). The Morgan fingerprint density at radius 3 is 2.68 bits per heavy atom. The number of thiophene rings is 1. The average molecular weight is 535 g/mol. The monoisotopic (exact) mass is 534 g/mol. The first kappa shape index (κ1) is 26.0. The number of hydrogen-bond acceptors (Lipinski definition) is 11. The van der Waals surface area contributed by atoms with E-state index in [1.807, 2.05) is 30.1 Å². The summed E-state index contributed by atoms with van der Waals surface area (Å²) in [6, 6.07) is 10.3. The van der Waals surface area contributed by atoms with Crippen LogP contribution in [0.3, 0.4) is 0 Å². The van der Waals surface area contributed by atoms with Crippen LogP contribution in [0.1, 0.15) is 27.7 Å². The second kappa shape index (κ2) is 11.8. The smallest absolute Gasteiger partial charge is 0.341 e. The molecule has 1 aliphatic heterocycles. The van der Waals surface area contributed by atoms with E-state index in [4.69, 9.17) is 24.2 Å². The molecule has 0 spiro atoms. The lowest BCUT2D eigenvalue weighted by molar-refractivity contribution is 0.0525. The number of carbonyl (C=O) groups is 1. The van der Waals surface area contributed by atoms with Gasteiger partial charge in [0.05, 0.1) is 48.8 Å². The van der Waals surface area contributed by atoms with Gasteiger partial charge in [0.1, 0.15) is 0 Å². The minimum atomic E-state index is -0.427. The Balaban J connectivity index is 1.46. The molecule has 0 radical (unpaired) electrons. The molecule has 0 saturated carbocycles. The Labute approximate surface area is 225 Å². The first-order valence-electron chi connectivity index (χ1n) is 12.5. The highest BCUT2D eigenvalue weighted by atomic mass is 32.1. The van der Waals surface area contributed by atoms with Crippen LogP contribution in [0.5, 0.6) is 0 Å². The SMILES string of the molecule is CCOC(=O)c1cnc(N(C)Cc2cc3nc(-c4cccc(COC)c4)nc(N4CCOCC4)c3s2)nc1. The largest absolute Gasteiger partial charge is 0.462 e. The van der Waals surface area contributed by atoms with Gasteiger partial charge in [0, 0.05) is 50.1 Å². The van der Waals surface area contributed by atoms with Crippen molar-refractivity contribution in [2.24, 2.45) is 0 Å². The van der Waals surface area contributed by atoms with Gasteiger partial charge in [0.2, 0.25) is 5.95 Å². The molecule has 10 nitrogen and oxygen atoms in total. The number of methoxy groups -OCH3 is 1. The summed E-state index contributed by atoms with van der Waals surface area (Å²) in [7, 11) is 3.61. The maximum Gasteiger partial charge on any atom is 0.341 e. The summed E-state index contributed by atoms with van der Waals surface area (Å²) in [4.78, 5) is 35.9. The van der Waals surface area contributed by atoms with Gasteiger partial charge in [-0.15, -0.1) is 11.3 Å². The van der Waals surface area contributed by atoms with Gasteiger partial charge in [-0.2, -0.15) is 0 Å². The third-order valence-corrected chi connectivity index (χ3v) is 7.20. The Morgan fingerprint density at radius 2 is 1.95 bits per heavy atom. The molecule has 0 atom stereocenters. The van der Waals surface area contributed by atoms with Crippen molar-refractivity contribution in [2.75, 3.05) is 56.9 Å². The van der Waals surface area contributed by atoms with Crippen molar-refractivity contribution in [2.45, 2.75) is 20.1 Å². The van der Waals surface area contributed by atoms with E-state index < -0.39 is 5.97 Å². The molecule has 3 aromatic heterocycles. The zero-order valence-electron chi connectivity index (χ0n) is 21.7. The summed E-state index contributed by atoms with van der Waals surface area (Å²) in [6.07, 6.45) is 2.99. The molecule has 1 aliphatic rings. The third kappa shape index (κ3) is 5.74. The normalized spacial score (nSPS) is 13.6. The summed E-state index contributed by atoms with van der Waals surface area (Å²) in [5.74, 6) is 1.71. The lowest BCUT2D eigenvalue weighted by Crippen LogP contribution is -2.36. The van der Waals surface area contributed by atoms with Crippen LogP contribution in [0.15, 0.2) is 42.7 Å². The number of fused-ring (bicyclic) bond motifs is 1. The van der Waals surface area contributed by atoms with Crippen molar-refractivity contribution in [3.63, 3.8) is 0 Å². The van der Waals surface area contributed by atoms with E-state index in [2.05, 4.69) is 27.0 Å². The molecule has 0 N–H and O–H groups in total. The summed E-state index contributed by atoms with van der Waals surface area (Å²) in [6.45, 7) is 6.09. The van der Waals surface area contributed by atoms with Gasteiger partial charge in [0.25, 0.3) is 0 Å². The second-order valence-electron chi connectivity index (χ2n) is 8.88. The Morgan fingerprint density at radius 1 is 1.16 bits per heavy atom. The van der Waals surface area contributed by atoms with Crippen LogP contribution < -0.4 is 9.80 Å². The Bertz CT molecular complexity index is 1400. The predicted octanol–water partition coefficient (Wildman–Crippen LogP) is 3.94. The van der Waals surface area contributed by atoms with Crippen LogP contribution in [-0.2, 0) is 27.4 Å². The zero-order chi connectivity index (χ0) is 26.5. The molecule has 4 aromatic rings. The van der Waals surface area contributed by atoms with E-state index in [9.17, 15) is 4.79 Å². The van der Waals surface area contributed by atoms with Crippen molar-refractivity contribution in [1.29, 1.82) is 0 Å². The standard InChI is InChI=1S/C27H30N6O4S/c1-4-37-26(34)20-14-28-27(29-15-20)32(2)16-21-13-22-23(38-21)25(33-8-10-36-11-9-33)31-24(30-22)19-7-5-6-18(12-19)17-35-3/h5-7,12-15H,4,8-11,16-17H2,1-3H3. The third-order valence-electron chi connectivity index (χ3n) is 6.10. The molecule has 1 fully saturated rings. The first-order chi connectivity index (χ1) is 18.6. The summed E-state index contributed by atoms with van der Waals surface area (Å²) in [5, 5.41) is 0. The van der Waals surface area contributed by atoms with Gasteiger partial charge in [-0.25, -0.2) is 24.7 Å². The number of ether oxygens (including phenoxy) is 3. The number of carbonyl (C=O) groups excluding carboxylic acids is 1. The summed E-state index contributed by atoms with van der Waals surface area (Å²) in [5.41, 5.74) is 3.26. The molecule has 0 unspecified atom stereocenters. The molecule has 0 aliphatic carbocycles. The highest BCUT2D eigenvalue weighted by molar-refractivity contribution is 7.19. The van der Waals surface area contributed by atoms with Gasteiger partial charge in [0.15, 0.2) is 11.6 Å². The molecule has 0 amide bonds. The number of rotatable bonds is 9. The topological polar surface area (TPSA) is 103 Å². The molecule has 1 saturated heterocycles. The van der Waals surface area contributed by atoms with Gasteiger partial charge in [-0.3, -0.25) is 0 Å². The van der Waals surface area contributed by atoms with Crippen LogP contribution in [0.2, 0.25) is 0 Å². The molecule has 198 valence electrons. The summed E-state index contributed by atoms with van der Waals surface area (Å²) >= 11 is 1.67. The highest BCUT2D eigenvalue weighted by Gasteiger charge is 2.21. The maximum atomic E-state index is 11.9. The van der Waals surface area contributed by atoms with Gasteiger partial charge in [-0.05, 0) is 24.6 Å². The highest BCUT2D eigenvalue weighted by Crippen LogP contribution is 2.35. The number of hydrogen-bond donors (Lipinski definition) is 0. The van der Waals surface area contributed by atoms with Crippen molar-refractivity contribution in [1.82, 2.24) is 19.9 Å². The van der Waals surface area contributed by atoms with Gasteiger partial charge in [-0.1, -0.05) is 18.2 Å². The molecule has 0 bridgehead atoms. The minimum absolute atomic E-state index is 0.308. The number of aromatic nitrogens is 4. The zero-order valence-corrected chi connectivity index (χ0v) is 22.5. The average Bonchev–Trinajstić information content (AvgIpc) is 3.36. The van der Waals surface area contributed by atoms with Gasteiger partial charge >= 0.3 is 5.97 Å². The van der Waals surface area contributed by atoms with Crippen molar-refractivity contribution in [3.8, 4) is 11.4 Å². The van der Waals surface area contributed by atoms with Crippen molar-refractivity contribution >= 4 is 39.3 Å². The van der Waals surface area contributed by atoms with E-state index in [0.717, 1.165) is 45.1 Å². The molecular formula is C27H30N6O4S. The summed E-state index contributed by atoms with van der Waals surface area (Å²) < 4.78 is 17.0. The molecular weight excluding hydrogens is 504 g/mol. The molecule has 11 heteroatoms. The minimum Gasteiger partial charge on any atom is -0.462 e. The van der Waals surface area contributed by atoms with E-state index in [-0.39, 0.29) is 0 Å². The van der Waals surface area contributed by atoms with Crippen molar-refractivity contribution < 1.29 is 19.0 Å². The molecule has 4 heterocycles. The lowest BCUT2D eigenvalue weighted by Gasteiger charge is -2.28. The van der Waals surface area contributed by atoms with Crippen LogP contribution in [0.25, 0.3) is 21.6 Å². The quantitative estimate of drug-likeness (QED) is 0.293. The lowest BCUT2D eigenvalue weighted by atomic mass is 10.1. The van der Waals surface area contributed by atoms with Crippen LogP contribution >= 0.6 is 11.3 Å². The number of esters is 1. The predicted molar refractivity (Wildman–Crippen MR) is 147 cm³/mol. The number of anilines is 2. The fraction of sp³-hybridized carbons (Fsp3) is 0.370. The van der Waals surface area contributed by atoms with Crippen LogP contribution in [0, 0.1) is 0 Å². The molecule has 38 heavy (non-hydrogen) atoms. The Hall–Kier alpha value is -3.67. The van der Waals surface area contributed by atoms with Gasteiger partial charge < -0.3 is 24.0 Å². The van der Waals surface area contributed by atoms with E-state index in [0.29, 0.717) is 50.3 Å². The fourth-order valence-electron chi connectivity index (χ4n) is 4.27. The fourth-order valence-corrected chi connectivity index (χ4v) is 5.44. The van der Waals surface area contributed by atoms with E-state index in [1.165, 1.54) is 12.4 Å². The number of benzene rings is 1. The van der Waals surface area contributed by atoms with Crippen molar-refractivity contribution in [3.05, 3.63) is 58.7 Å². The second-order valence-corrected chi connectivity index (χ2v) is 10.0. The number of morpholine rings is 1. The first-order valence-corrected chi connectivity index (χ1v) is 13.3. The van der Waals surface area contributed by atoms with Crippen LogP contribution in [0.4, 0.5) is 11.8 Å². The number of nitrogens with zero attached hydrogens (tertiary/aromatic N) is 6. The van der Waals surface area contributed by atoms with E-state index >= 15 is 0 Å². The maximum absolute atomic E-state index is 11.9. The Kier molecular flexibility index (Phi) is 8.06. The van der Waals surface area contributed by atoms with Crippen LogP contribution in [-0.4, -0.2) is 73.0 Å². The van der Waals surface area contributed by atoms with E-state index in [1.54, 1.807) is 25.4 Å². The molecule has 1 aromatic carbocycles.